The van der Waals surface area contributed by atoms with Crippen LogP contribution in [0.2, 0.25) is 0 Å². The van der Waals surface area contributed by atoms with Gasteiger partial charge < -0.3 is 5.11 Å². The number of carboxylic acid groups (broad SMARTS) is 1. The molecule has 19 heavy (non-hydrogen) atoms. The molecular weight excluding hydrogens is 291 g/mol. The fourth-order valence-electron chi connectivity index (χ4n) is 1.44. The number of halogens is 1. The highest BCUT2D eigenvalue weighted by atomic mass is 32.2. The minimum Gasteiger partial charge on any atom is -0.478 e. The van der Waals surface area contributed by atoms with Crippen LogP contribution in [0.4, 0.5) is 4.39 Å². The Hall–Kier alpha value is -1.08. The van der Waals surface area contributed by atoms with Crippen LogP contribution in [0.3, 0.4) is 0 Å². The second kappa shape index (κ2) is 6.91. The summed E-state index contributed by atoms with van der Waals surface area (Å²) >= 11 is 1.01. The Kier molecular flexibility index (Phi) is 5.81. The predicted octanol–water partition coefficient (Wildman–Crippen LogP) is 2.44. The molecule has 0 aromatic heterocycles. The van der Waals surface area contributed by atoms with Gasteiger partial charge in [0.1, 0.15) is 5.82 Å². The minimum absolute atomic E-state index is 0.0136. The summed E-state index contributed by atoms with van der Waals surface area (Å²) in [7, 11) is -3.10. The molecule has 7 heteroatoms. The molecule has 0 saturated carbocycles. The molecule has 0 atom stereocenters. The first-order valence-corrected chi connectivity index (χ1v) is 8.52. The number of rotatable bonds is 7. The van der Waals surface area contributed by atoms with Crippen LogP contribution in [0.5, 0.6) is 0 Å². The second-order valence-corrected chi connectivity index (χ2v) is 7.39. The lowest BCUT2D eigenvalue weighted by molar-refractivity contribution is 0.0696. The standard InChI is InChI=1S/C12H15FO4S2/c1-2-6-19(16,17)7-5-18-11-8-9(12(14)15)3-4-10(11)13/h3-4,8H,2,5-7H2,1H3,(H,14,15). The van der Waals surface area contributed by atoms with Crippen LogP contribution in [0, 0.1) is 5.82 Å². The van der Waals surface area contributed by atoms with Gasteiger partial charge in [-0.2, -0.15) is 0 Å². The first-order chi connectivity index (χ1) is 8.85. The Morgan fingerprint density at radius 2 is 2.05 bits per heavy atom. The van der Waals surface area contributed by atoms with Crippen molar-refractivity contribution in [3.8, 4) is 0 Å². The van der Waals surface area contributed by atoms with Crippen LogP contribution >= 0.6 is 11.8 Å². The third-order valence-electron chi connectivity index (χ3n) is 2.35. The van der Waals surface area contributed by atoms with Gasteiger partial charge in [-0.1, -0.05) is 6.92 Å². The normalized spacial score (nSPS) is 11.5. The third kappa shape index (κ3) is 5.20. The van der Waals surface area contributed by atoms with Gasteiger partial charge in [0.25, 0.3) is 0 Å². The Morgan fingerprint density at radius 1 is 1.37 bits per heavy atom. The van der Waals surface area contributed by atoms with Crippen LogP contribution in [0.25, 0.3) is 0 Å². The molecule has 106 valence electrons. The largest absolute Gasteiger partial charge is 0.478 e. The average Bonchev–Trinajstić information content (AvgIpc) is 2.30. The summed E-state index contributed by atoms with van der Waals surface area (Å²) in [6.07, 6.45) is 0.551. The van der Waals surface area contributed by atoms with Crippen molar-refractivity contribution >= 4 is 27.6 Å². The van der Waals surface area contributed by atoms with Crippen LogP contribution < -0.4 is 0 Å². The second-order valence-electron chi connectivity index (χ2n) is 3.95. The number of thioether (sulfide) groups is 1. The Labute approximate surface area is 115 Å². The number of carbonyl (C=O) groups is 1. The van der Waals surface area contributed by atoms with Gasteiger partial charge in [0.15, 0.2) is 9.84 Å². The van der Waals surface area contributed by atoms with Crippen molar-refractivity contribution in [3.63, 3.8) is 0 Å². The molecule has 0 bridgehead atoms. The Bertz CT molecular complexity index is 555. The van der Waals surface area contributed by atoms with Crippen molar-refractivity contribution in [3.05, 3.63) is 29.6 Å². The monoisotopic (exact) mass is 306 g/mol. The van der Waals surface area contributed by atoms with E-state index >= 15 is 0 Å². The molecule has 0 saturated heterocycles. The molecule has 0 unspecified atom stereocenters. The van der Waals surface area contributed by atoms with Gasteiger partial charge in [-0.05, 0) is 24.6 Å². The van der Waals surface area contributed by atoms with E-state index in [0.29, 0.717) is 6.42 Å². The summed E-state index contributed by atoms with van der Waals surface area (Å²) in [6, 6.07) is 3.47. The third-order valence-corrected chi connectivity index (χ3v) is 5.49. The molecule has 1 aromatic rings. The van der Waals surface area contributed by atoms with Crippen molar-refractivity contribution in [2.24, 2.45) is 0 Å². The van der Waals surface area contributed by atoms with E-state index in [1.54, 1.807) is 6.92 Å². The molecule has 0 aliphatic rings. The van der Waals surface area contributed by atoms with Crippen molar-refractivity contribution in [1.29, 1.82) is 0 Å². The van der Waals surface area contributed by atoms with Gasteiger partial charge in [-0.15, -0.1) is 11.8 Å². The highest BCUT2D eigenvalue weighted by Crippen LogP contribution is 2.23. The first-order valence-electron chi connectivity index (χ1n) is 5.72. The minimum atomic E-state index is -3.10. The quantitative estimate of drug-likeness (QED) is 0.783. The van der Waals surface area contributed by atoms with Gasteiger partial charge in [0.2, 0.25) is 0 Å². The molecule has 1 N–H and O–H groups in total. The van der Waals surface area contributed by atoms with Crippen molar-refractivity contribution in [1.82, 2.24) is 0 Å². The van der Waals surface area contributed by atoms with E-state index in [9.17, 15) is 17.6 Å². The maximum atomic E-state index is 13.4. The maximum Gasteiger partial charge on any atom is 0.335 e. The number of aromatic carboxylic acids is 1. The lowest BCUT2D eigenvalue weighted by Crippen LogP contribution is -2.12. The summed E-state index contributed by atoms with van der Waals surface area (Å²) in [5, 5.41) is 8.80. The molecular formula is C12H15FO4S2. The van der Waals surface area contributed by atoms with Crippen molar-refractivity contribution < 1.29 is 22.7 Å². The molecule has 4 nitrogen and oxygen atoms in total. The van der Waals surface area contributed by atoms with Crippen LogP contribution in [-0.2, 0) is 9.84 Å². The summed E-state index contributed by atoms with van der Waals surface area (Å²) in [5.74, 6) is -1.39. The van der Waals surface area contributed by atoms with E-state index in [-0.39, 0.29) is 27.7 Å². The van der Waals surface area contributed by atoms with E-state index < -0.39 is 21.6 Å². The lowest BCUT2D eigenvalue weighted by atomic mass is 10.2. The average molecular weight is 306 g/mol. The fraction of sp³-hybridized carbons (Fsp3) is 0.417. The number of hydrogen-bond donors (Lipinski definition) is 1. The molecule has 0 spiro atoms. The number of carboxylic acids is 1. The first kappa shape index (κ1) is 16.0. The zero-order chi connectivity index (χ0) is 14.5. The Morgan fingerprint density at radius 3 is 2.63 bits per heavy atom. The fourth-order valence-corrected chi connectivity index (χ4v) is 4.25. The predicted molar refractivity (Wildman–Crippen MR) is 73.0 cm³/mol. The van der Waals surface area contributed by atoms with Crippen molar-refractivity contribution in [2.75, 3.05) is 17.3 Å². The van der Waals surface area contributed by atoms with E-state index in [4.69, 9.17) is 5.11 Å². The highest BCUT2D eigenvalue weighted by molar-refractivity contribution is 8.00. The molecule has 0 fully saturated rings. The molecule has 0 aliphatic heterocycles. The number of hydrogen-bond acceptors (Lipinski definition) is 4. The van der Waals surface area contributed by atoms with Gasteiger partial charge in [0.05, 0.1) is 11.3 Å². The van der Waals surface area contributed by atoms with Gasteiger partial charge in [0, 0.05) is 16.4 Å². The summed E-state index contributed by atoms with van der Waals surface area (Å²) < 4.78 is 36.4. The molecule has 0 heterocycles. The van der Waals surface area contributed by atoms with E-state index in [1.165, 1.54) is 12.1 Å². The molecule has 0 radical (unpaired) electrons. The van der Waals surface area contributed by atoms with E-state index in [2.05, 4.69) is 0 Å². The zero-order valence-corrected chi connectivity index (χ0v) is 12.1. The summed E-state index contributed by atoms with van der Waals surface area (Å²) in [5.41, 5.74) is -0.0136. The molecule has 0 amide bonds. The van der Waals surface area contributed by atoms with E-state index in [0.717, 1.165) is 17.8 Å². The number of benzene rings is 1. The topological polar surface area (TPSA) is 71.4 Å². The van der Waals surface area contributed by atoms with Gasteiger partial charge in [-0.25, -0.2) is 17.6 Å². The molecule has 1 rings (SSSR count). The highest BCUT2D eigenvalue weighted by Gasteiger charge is 2.12. The maximum absolute atomic E-state index is 13.4. The van der Waals surface area contributed by atoms with Crippen LogP contribution in [0.1, 0.15) is 23.7 Å². The summed E-state index contributed by atoms with van der Waals surface area (Å²) in [6.45, 7) is 1.78. The van der Waals surface area contributed by atoms with Gasteiger partial charge in [-0.3, -0.25) is 0 Å². The molecule has 1 aromatic carbocycles. The van der Waals surface area contributed by atoms with E-state index in [1.807, 2.05) is 0 Å². The molecule has 0 aliphatic carbocycles. The zero-order valence-electron chi connectivity index (χ0n) is 10.4. The Balaban J connectivity index is 2.68. The SMILES string of the molecule is CCCS(=O)(=O)CCSc1cc(C(=O)O)ccc1F. The van der Waals surface area contributed by atoms with Crippen LogP contribution in [-0.4, -0.2) is 36.8 Å². The smallest absolute Gasteiger partial charge is 0.335 e. The number of sulfone groups is 1. The summed E-state index contributed by atoms with van der Waals surface area (Å²) in [4.78, 5) is 10.9. The lowest BCUT2D eigenvalue weighted by Gasteiger charge is -2.05. The van der Waals surface area contributed by atoms with Crippen LogP contribution in [0.15, 0.2) is 23.1 Å². The van der Waals surface area contributed by atoms with Crippen molar-refractivity contribution in [2.45, 2.75) is 18.2 Å². The van der Waals surface area contributed by atoms with Gasteiger partial charge >= 0.3 is 5.97 Å².